The number of aliphatic carboxylic acids is 1. The Morgan fingerprint density at radius 3 is 2.26 bits per heavy atom. The van der Waals surface area contributed by atoms with Gasteiger partial charge in [-0.05, 0) is 35.9 Å². The van der Waals surface area contributed by atoms with E-state index in [1.54, 1.807) is 18.2 Å². The van der Waals surface area contributed by atoms with Crippen LogP contribution in [0.5, 0.6) is 5.75 Å². The maximum atomic E-state index is 12.3. The van der Waals surface area contributed by atoms with E-state index in [9.17, 15) is 31.5 Å². The molecule has 0 bridgehead atoms. The van der Waals surface area contributed by atoms with Crippen molar-refractivity contribution >= 4 is 27.6 Å². The quantitative estimate of drug-likeness (QED) is 0.713. The average Bonchev–Trinajstić information content (AvgIpc) is 2.55. The number of alkyl halides is 3. The van der Waals surface area contributed by atoms with E-state index < -0.39 is 39.0 Å². The van der Waals surface area contributed by atoms with Gasteiger partial charge in [-0.25, -0.2) is 8.42 Å². The van der Waals surface area contributed by atoms with Crippen molar-refractivity contribution in [3.63, 3.8) is 0 Å². The Hall–Kier alpha value is -2.30. The fraction of sp³-hybridized carbons (Fsp3) is 0.188. The van der Waals surface area contributed by atoms with Gasteiger partial charge >= 0.3 is 12.3 Å². The molecule has 0 aliphatic rings. The van der Waals surface area contributed by atoms with E-state index in [-0.39, 0.29) is 11.4 Å². The number of hydrogen-bond acceptors (Lipinski definition) is 4. The zero-order valence-electron chi connectivity index (χ0n) is 13.4. The Morgan fingerprint density at radius 2 is 1.74 bits per heavy atom. The second-order valence-electron chi connectivity index (χ2n) is 5.33. The summed E-state index contributed by atoms with van der Waals surface area (Å²) < 4.78 is 66.8. The van der Waals surface area contributed by atoms with E-state index in [4.69, 9.17) is 11.6 Å². The van der Waals surface area contributed by atoms with Crippen molar-refractivity contribution < 1.29 is 36.2 Å². The molecule has 0 fully saturated rings. The highest BCUT2D eigenvalue weighted by Gasteiger charge is 2.31. The first kappa shape index (κ1) is 21.0. The summed E-state index contributed by atoms with van der Waals surface area (Å²) in [6.07, 6.45) is -5.13. The number of rotatable bonds is 7. The van der Waals surface area contributed by atoms with Crippen molar-refractivity contribution in [3.8, 4) is 5.75 Å². The SMILES string of the molecule is O=C(O)C(Cc1ccccc1Cl)NS(=O)(=O)c1ccc(OC(F)(F)F)cc1. The summed E-state index contributed by atoms with van der Waals surface area (Å²) in [5.74, 6) is -2.04. The third-order valence-electron chi connectivity index (χ3n) is 3.34. The lowest BCUT2D eigenvalue weighted by atomic mass is 10.1. The highest BCUT2D eigenvalue weighted by molar-refractivity contribution is 7.89. The number of carbonyl (C=O) groups is 1. The monoisotopic (exact) mass is 423 g/mol. The first-order chi connectivity index (χ1) is 12.5. The van der Waals surface area contributed by atoms with Crippen LogP contribution in [0.15, 0.2) is 53.4 Å². The van der Waals surface area contributed by atoms with Crippen LogP contribution in [0.4, 0.5) is 13.2 Å². The Balaban J connectivity index is 2.19. The summed E-state index contributed by atoms with van der Waals surface area (Å²) in [6.45, 7) is 0. The minimum atomic E-state index is -4.91. The van der Waals surface area contributed by atoms with Crippen LogP contribution in [0, 0.1) is 0 Å². The summed E-state index contributed by atoms with van der Waals surface area (Å²) >= 11 is 5.96. The van der Waals surface area contributed by atoms with E-state index >= 15 is 0 Å². The number of hydrogen-bond donors (Lipinski definition) is 2. The molecular formula is C16H13ClF3NO5S. The molecule has 2 N–H and O–H groups in total. The Labute approximate surface area is 157 Å². The molecule has 0 saturated carbocycles. The van der Waals surface area contributed by atoms with Crippen molar-refractivity contribution in [3.05, 3.63) is 59.1 Å². The normalized spacial score (nSPS) is 13.2. The predicted octanol–water partition coefficient (Wildman–Crippen LogP) is 3.21. The molecule has 27 heavy (non-hydrogen) atoms. The van der Waals surface area contributed by atoms with Gasteiger partial charge in [-0.2, -0.15) is 4.72 Å². The zero-order valence-corrected chi connectivity index (χ0v) is 15.0. The molecule has 6 nitrogen and oxygen atoms in total. The van der Waals surface area contributed by atoms with E-state index in [0.29, 0.717) is 5.56 Å². The van der Waals surface area contributed by atoms with Gasteiger partial charge in [0.25, 0.3) is 0 Å². The van der Waals surface area contributed by atoms with Gasteiger partial charge in [-0.15, -0.1) is 13.2 Å². The molecule has 11 heteroatoms. The number of carboxylic acid groups (broad SMARTS) is 1. The molecule has 0 aromatic heterocycles. The lowest BCUT2D eigenvalue weighted by Gasteiger charge is -2.16. The molecule has 146 valence electrons. The van der Waals surface area contributed by atoms with Gasteiger partial charge in [0.1, 0.15) is 11.8 Å². The van der Waals surface area contributed by atoms with Crippen molar-refractivity contribution in [1.82, 2.24) is 4.72 Å². The third-order valence-corrected chi connectivity index (χ3v) is 5.20. The van der Waals surface area contributed by atoms with Gasteiger partial charge in [0.2, 0.25) is 10.0 Å². The topological polar surface area (TPSA) is 92.7 Å². The van der Waals surface area contributed by atoms with Crippen LogP contribution < -0.4 is 9.46 Å². The van der Waals surface area contributed by atoms with Crippen LogP contribution >= 0.6 is 11.6 Å². The first-order valence-corrected chi connectivity index (χ1v) is 9.18. The van der Waals surface area contributed by atoms with Gasteiger partial charge in [0.05, 0.1) is 4.90 Å². The summed E-state index contributed by atoms with van der Waals surface area (Å²) in [4.78, 5) is 11.0. The van der Waals surface area contributed by atoms with Crippen LogP contribution in [0.3, 0.4) is 0 Å². The largest absolute Gasteiger partial charge is 0.573 e. The standard InChI is InChI=1S/C16H13ClF3NO5S/c17-13-4-2-1-3-10(13)9-14(15(22)23)21-27(24,25)12-7-5-11(6-8-12)26-16(18,19)20/h1-8,14,21H,9H2,(H,22,23). The number of sulfonamides is 1. The fourth-order valence-corrected chi connectivity index (χ4v) is 3.54. The number of ether oxygens (including phenoxy) is 1. The van der Waals surface area contributed by atoms with Crippen molar-refractivity contribution in [2.45, 2.75) is 23.7 Å². The molecule has 2 aromatic rings. The van der Waals surface area contributed by atoms with Crippen molar-refractivity contribution in [2.24, 2.45) is 0 Å². The lowest BCUT2D eigenvalue weighted by Crippen LogP contribution is -2.42. The minimum absolute atomic E-state index is 0.219. The smallest absolute Gasteiger partial charge is 0.480 e. The average molecular weight is 424 g/mol. The number of carboxylic acids is 1. The van der Waals surface area contributed by atoms with Gasteiger partial charge in [0, 0.05) is 11.4 Å². The van der Waals surface area contributed by atoms with Crippen LogP contribution in [0.1, 0.15) is 5.56 Å². The molecule has 1 unspecified atom stereocenters. The molecule has 1 atom stereocenters. The minimum Gasteiger partial charge on any atom is -0.480 e. The van der Waals surface area contributed by atoms with E-state index in [1.807, 2.05) is 4.72 Å². The maximum Gasteiger partial charge on any atom is 0.573 e. The fourth-order valence-electron chi connectivity index (χ4n) is 2.14. The summed E-state index contributed by atoms with van der Waals surface area (Å²) in [7, 11) is -4.31. The maximum absolute atomic E-state index is 12.3. The molecule has 0 aliphatic carbocycles. The highest BCUT2D eigenvalue weighted by atomic mass is 35.5. The number of nitrogens with one attached hydrogen (secondary N) is 1. The molecule has 0 aliphatic heterocycles. The van der Waals surface area contributed by atoms with Gasteiger partial charge < -0.3 is 9.84 Å². The Morgan fingerprint density at radius 1 is 1.15 bits per heavy atom. The molecular weight excluding hydrogens is 411 g/mol. The summed E-state index contributed by atoms with van der Waals surface area (Å²) in [6, 6.07) is 8.18. The molecule has 2 aromatic carbocycles. The van der Waals surface area contributed by atoms with E-state index in [1.165, 1.54) is 6.07 Å². The second-order valence-corrected chi connectivity index (χ2v) is 7.45. The molecule has 0 amide bonds. The van der Waals surface area contributed by atoms with Crippen LogP contribution in [-0.4, -0.2) is 31.9 Å². The number of benzene rings is 2. The predicted molar refractivity (Wildman–Crippen MR) is 90.0 cm³/mol. The molecule has 0 saturated heterocycles. The van der Waals surface area contributed by atoms with Gasteiger partial charge in [-0.1, -0.05) is 29.8 Å². The zero-order chi connectivity index (χ0) is 20.2. The van der Waals surface area contributed by atoms with Crippen LogP contribution in [0.25, 0.3) is 0 Å². The molecule has 0 spiro atoms. The number of halogens is 4. The summed E-state index contributed by atoms with van der Waals surface area (Å²) in [5, 5.41) is 9.57. The molecule has 0 radical (unpaired) electrons. The Bertz CT molecular complexity index is 916. The van der Waals surface area contributed by atoms with Crippen LogP contribution in [0.2, 0.25) is 5.02 Å². The highest BCUT2D eigenvalue weighted by Crippen LogP contribution is 2.24. The van der Waals surface area contributed by atoms with Crippen molar-refractivity contribution in [2.75, 3.05) is 0 Å². The first-order valence-electron chi connectivity index (χ1n) is 7.32. The Kier molecular flexibility index (Phi) is 6.34. The van der Waals surface area contributed by atoms with Gasteiger partial charge in [-0.3, -0.25) is 4.79 Å². The van der Waals surface area contributed by atoms with E-state index in [2.05, 4.69) is 4.74 Å². The van der Waals surface area contributed by atoms with Crippen LogP contribution in [-0.2, 0) is 21.2 Å². The molecule has 2 rings (SSSR count). The van der Waals surface area contributed by atoms with Crippen molar-refractivity contribution in [1.29, 1.82) is 0 Å². The molecule has 0 heterocycles. The second kappa shape index (κ2) is 8.15. The third kappa shape index (κ3) is 6.12. The van der Waals surface area contributed by atoms with E-state index in [0.717, 1.165) is 24.3 Å². The summed E-state index contributed by atoms with van der Waals surface area (Å²) in [5.41, 5.74) is 0.420. The van der Waals surface area contributed by atoms with Gasteiger partial charge in [0.15, 0.2) is 0 Å². The lowest BCUT2D eigenvalue weighted by molar-refractivity contribution is -0.274.